The molecule has 0 unspecified atom stereocenters. The lowest BCUT2D eigenvalue weighted by atomic mass is 10.2. The SMILES string of the molecule is CCC(CC)NC(=O)CN1CCN(CCCN)CC1. The Hall–Kier alpha value is -0.650. The molecule has 0 bridgehead atoms. The Bertz CT molecular complexity index is 248. The molecule has 1 saturated heterocycles. The quantitative estimate of drug-likeness (QED) is 0.664. The molecule has 3 N–H and O–H groups in total. The van der Waals surface area contributed by atoms with Crippen LogP contribution < -0.4 is 11.1 Å². The van der Waals surface area contributed by atoms with E-state index in [1.165, 1.54) is 0 Å². The molecule has 0 spiro atoms. The first-order chi connectivity index (χ1) is 9.19. The molecule has 0 atom stereocenters. The Morgan fingerprint density at radius 2 is 1.74 bits per heavy atom. The zero-order valence-electron chi connectivity index (χ0n) is 12.5. The van der Waals surface area contributed by atoms with Gasteiger partial charge < -0.3 is 16.0 Å². The van der Waals surface area contributed by atoms with Crippen LogP contribution in [0.4, 0.5) is 0 Å². The van der Waals surface area contributed by atoms with Gasteiger partial charge in [0.15, 0.2) is 0 Å². The van der Waals surface area contributed by atoms with Crippen molar-refractivity contribution >= 4 is 5.91 Å². The number of rotatable bonds is 8. The number of hydrogen-bond donors (Lipinski definition) is 2. The van der Waals surface area contributed by atoms with E-state index in [0.717, 1.165) is 58.5 Å². The number of carbonyl (C=O) groups excluding carboxylic acids is 1. The van der Waals surface area contributed by atoms with Crippen LogP contribution in [-0.2, 0) is 4.79 Å². The predicted molar refractivity (Wildman–Crippen MR) is 79.1 cm³/mol. The van der Waals surface area contributed by atoms with E-state index >= 15 is 0 Å². The van der Waals surface area contributed by atoms with Crippen molar-refractivity contribution in [3.05, 3.63) is 0 Å². The summed E-state index contributed by atoms with van der Waals surface area (Å²) in [7, 11) is 0. The van der Waals surface area contributed by atoms with Crippen LogP contribution in [-0.4, -0.2) is 67.6 Å². The van der Waals surface area contributed by atoms with Crippen LogP contribution in [0.15, 0.2) is 0 Å². The minimum atomic E-state index is 0.170. The third-order valence-electron chi connectivity index (χ3n) is 3.86. The average Bonchev–Trinajstić information content (AvgIpc) is 2.44. The first-order valence-electron chi connectivity index (χ1n) is 7.63. The highest BCUT2D eigenvalue weighted by Gasteiger charge is 2.19. The number of nitrogens with zero attached hydrogens (tertiary/aromatic N) is 2. The van der Waals surface area contributed by atoms with Crippen LogP contribution in [0, 0.1) is 0 Å². The smallest absolute Gasteiger partial charge is 0.234 e. The summed E-state index contributed by atoms with van der Waals surface area (Å²) in [4.78, 5) is 16.6. The standard InChI is InChI=1S/C14H30N4O/c1-3-13(4-2)16-14(19)12-18-10-8-17(9-11-18)7-5-6-15/h13H,3-12,15H2,1-2H3,(H,16,19). The summed E-state index contributed by atoms with van der Waals surface area (Å²) in [5, 5.41) is 3.10. The highest BCUT2D eigenvalue weighted by Crippen LogP contribution is 2.02. The second kappa shape index (κ2) is 9.28. The van der Waals surface area contributed by atoms with Gasteiger partial charge in [0.05, 0.1) is 6.54 Å². The third-order valence-corrected chi connectivity index (χ3v) is 3.86. The largest absolute Gasteiger partial charge is 0.352 e. The Morgan fingerprint density at radius 1 is 1.16 bits per heavy atom. The monoisotopic (exact) mass is 270 g/mol. The fourth-order valence-electron chi connectivity index (χ4n) is 2.46. The molecule has 1 amide bonds. The molecule has 1 heterocycles. The van der Waals surface area contributed by atoms with E-state index in [-0.39, 0.29) is 5.91 Å². The molecule has 0 aromatic rings. The van der Waals surface area contributed by atoms with Crippen molar-refractivity contribution in [3.8, 4) is 0 Å². The molecule has 0 saturated carbocycles. The van der Waals surface area contributed by atoms with Crippen LogP contribution in [0.3, 0.4) is 0 Å². The molecule has 0 aromatic carbocycles. The summed E-state index contributed by atoms with van der Waals surface area (Å²) in [5.41, 5.74) is 5.52. The van der Waals surface area contributed by atoms with Gasteiger partial charge in [-0.3, -0.25) is 9.69 Å². The van der Waals surface area contributed by atoms with Crippen LogP contribution in [0.1, 0.15) is 33.1 Å². The molecule has 19 heavy (non-hydrogen) atoms. The second-order valence-corrected chi connectivity index (χ2v) is 5.34. The Kier molecular flexibility index (Phi) is 8.02. The van der Waals surface area contributed by atoms with Gasteiger partial charge in [-0.1, -0.05) is 13.8 Å². The molecule has 1 rings (SSSR count). The highest BCUT2D eigenvalue weighted by molar-refractivity contribution is 5.78. The Morgan fingerprint density at radius 3 is 2.26 bits per heavy atom. The van der Waals surface area contributed by atoms with E-state index in [9.17, 15) is 4.79 Å². The van der Waals surface area contributed by atoms with Crippen molar-refractivity contribution in [3.63, 3.8) is 0 Å². The van der Waals surface area contributed by atoms with E-state index in [1.54, 1.807) is 0 Å². The molecule has 0 radical (unpaired) electrons. The second-order valence-electron chi connectivity index (χ2n) is 5.34. The zero-order valence-corrected chi connectivity index (χ0v) is 12.5. The minimum absolute atomic E-state index is 0.170. The molecule has 5 heteroatoms. The summed E-state index contributed by atoms with van der Waals surface area (Å²) < 4.78 is 0. The molecule has 112 valence electrons. The molecule has 0 aromatic heterocycles. The van der Waals surface area contributed by atoms with E-state index in [2.05, 4.69) is 29.0 Å². The van der Waals surface area contributed by atoms with Gasteiger partial charge in [-0.05, 0) is 32.4 Å². The lowest BCUT2D eigenvalue weighted by molar-refractivity contribution is -0.123. The van der Waals surface area contributed by atoms with Gasteiger partial charge in [0.25, 0.3) is 0 Å². The lowest BCUT2D eigenvalue weighted by Gasteiger charge is -2.34. The van der Waals surface area contributed by atoms with Crippen LogP contribution in [0.5, 0.6) is 0 Å². The van der Waals surface area contributed by atoms with Gasteiger partial charge in [0.1, 0.15) is 0 Å². The fourth-order valence-corrected chi connectivity index (χ4v) is 2.46. The first kappa shape index (κ1) is 16.4. The normalized spacial score (nSPS) is 17.9. The Balaban J connectivity index is 2.19. The summed E-state index contributed by atoms with van der Waals surface area (Å²) in [6.45, 7) is 10.7. The number of carbonyl (C=O) groups is 1. The van der Waals surface area contributed by atoms with Gasteiger partial charge in [-0.2, -0.15) is 0 Å². The van der Waals surface area contributed by atoms with Crippen molar-refractivity contribution in [2.75, 3.05) is 45.8 Å². The predicted octanol–water partition coefficient (Wildman–Crippen LogP) is 0.258. The van der Waals surface area contributed by atoms with E-state index < -0.39 is 0 Å². The molecular formula is C14H30N4O. The van der Waals surface area contributed by atoms with E-state index in [0.29, 0.717) is 12.6 Å². The maximum Gasteiger partial charge on any atom is 0.234 e. The molecule has 1 aliphatic heterocycles. The summed E-state index contributed by atoms with van der Waals surface area (Å²) in [5.74, 6) is 0.170. The molecule has 1 aliphatic rings. The highest BCUT2D eigenvalue weighted by atomic mass is 16.2. The molecule has 5 nitrogen and oxygen atoms in total. The van der Waals surface area contributed by atoms with Crippen LogP contribution in [0.25, 0.3) is 0 Å². The topological polar surface area (TPSA) is 61.6 Å². The van der Waals surface area contributed by atoms with Crippen LogP contribution >= 0.6 is 0 Å². The molecule has 1 fully saturated rings. The van der Waals surface area contributed by atoms with Crippen molar-refractivity contribution in [1.29, 1.82) is 0 Å². The molecular weight excluding hydrogens is 240 g/mol. The van der Waals surface area contributed by atoms with Gasteiger partial charge in [-0.25, -0.2) is 0 Å². The minimum Gasteiger partial charge on any atom is -0.352 e. The summed E-state index contributed by atoms with van der Waals surface area (Å²) in [6, 6.07) is 0.332. The summed E-state index contributed by atoms with van der Waals surface area (Å²) in [6.07, 6.45) is 3.08. The number of nitrogens with one attached hydrogen (secondary N) is 1. The zero-order chi connectivity index (χ0) is 14.1. The average molecular weight is 270 g/mol. The van der Waals surface area contributed by atoms with Gasteiger partial charge in [0, 0.05) is 32.2 Å². The number of amides is 1. The van der Waals surface area contributed by atoms with E-state index in [1.807, 2.05) is 0 Å². The first-order valence-corrected chi connectivity index (χ1v) is 7.63. The van der Waals surface area contributed by atoms with Crippen molar-refractivity contribution < 1.29 is 4.79 Å². The Labute approximate surface area is 117 Å². The maximum atomic E-state index is 11.9. The fraction of sp³-hybridized carbons (Fsp3) is 0.929. The third kappa shape index (κ3) is 6.36. The molecule has 0 aliphatic carbocycles. The van der Waals surface area contributed by atoms with Crippen molar-refractivity contribution in [2.45, 2.75) is 39.2 Å². The summed E-state index contributed by atoms with van der Waals surface area (Å²) >= 11 is 0. The number of piperazine rings is 1. The maximum absolute atomic E-state index is 11.9. The van der Waals surface area contributed by atoms with Crippen molar-refractivity contribution in [1.82, 2.24) is 15.1 Å². The van der Waals surface area contributed by atoms with Gasteiger partial charge in [-0.15, -0.1) is 0 Å². The van der Waals surface area contributed by atoms with Crippen LogP contribution in [0.2, 0.25) is 0 Å². The number of hydrogen-bond acceptors (Lipinski definition) is 4. The van der Waals surface area contributed by atoms with Gasteiger partial charge >= 0.3 is 0 Å². The lowest BCUT2D eigenvalue weighted by Crippen LogP contribution is -2.50. The number of nitrogens with two attached hydrogens (primary N) is 1. The van der Waals surface area contributed by atoms with Crippen molar-refractivity contribution in [2.24, 2.45) is 5.73 Å². The van der Waals surface area contributed by atoms with E-state index in [4.69, 9.17) is 5.73 Å². The van der Waals surface area contributed by atoms with Gasteiger partial charge in [0.2, 0.25) is 5.91 Å².